The SMILES string of the molecule is CC(=O)C(CNCc1cccnc1)c1ccc(Cl)cc1. The Balaban J connectivity index is 1.96. The zero-order valence-electron chi connectivity index (χ0n) is 11.3. The summed E-state index contributed by atoms with van der Waals surface area (Å²) in [4.78, 5) is 15.9. The molecule has 3 nitrogen and oxygen atoms in total. The molecule has 0 aliphatic heterocycles. The minimum Gasteiger partial charge on any atom is -0.312 e. The number of ketones is 1. The number of hydrogen-bond donors (Lipinski definition) is 1. The minimum atomic E-state index is -0.149. The lowest BCUT2D eigenvalue weighted by Crippen LogP contribution is -2.25. The van der Waals surface area contributed by atoms with Gasteiger partial charge in [0.25, 0.3) is 0 Å². The number of nitrogens with one attached hydrogen (secondary N) is 1. The van der Waals surface area contributed by atoms with Crippen LogP contribution in [-0.2, 0) is 11.3 Å². The Morgan fingerprint density at radius 2 is 2.05 bits per heavy atom. The smallest absolute Gasteiger partial charge is 0.138 e. The standard InChI is InChI=1S/C16H17ClN2O/c1-12(20)16(14-4-6-15(17)7-5-14)11-19-10-13-3-2-8-18-9-13/h2-9,16,19H,10-11H2,1H3. The third kappa shape index (κ3) is 4.15. The van der Waals surface area contributed by atoms with Crippen molar-refractivity contribution >= 4 is 17.4 Å². The molecule has 1 aromatic carbocycles. The van der Waals surface area contributed by atoms with E-state index in [-0.39, 0.29) is 11.7 Å². The number of nitrogens with zero attached hydrogens (tertiary/aromatic N) is 1. The van der Waals surface area contributed by atoms with E-state index in [2.05, 4.69) is 10.3 Å². The molecule has 1 aromatic heterocycles. The van der Waals surface area contributed by atoms with E-state index in [0.717, 1.165) is 11.1 Å². The Labute approximate surface area is 124 Å². The van der Waals surface area contributed by atoms with Crippen LogP contribution in [0.25, 0.3) is 0 Å². The molecule has 1 heterocycles. The van der Waals surface area contributed by atoms with Gasteiger partial charge in [-0.05, 0) is 36.2 Å². The second-order valence-electron chi connectivity index (χ2n) is 4.71. The van der Waals surface area contributed by atoms with E-state index < -0.39 is 0 Å². The van der Waals surface area contributed by atoms with Crippen molar-refractivity contribution in [2.45, 2.75) is 19.4 Å². The molecule has 0 amide bonds. The summed E-state index contributed by atoms with van der Waals surface area (Å²) < 4.78 is 0. The van der Waals surface area contributed by atoms with Crippen molar-refractivity contribution in [2.24, 2.45) is 0 Å². The Kier molecular flexibility index (Phi) is 5.27. The number of hydrogen-bond acceptors (Lipinski definition) is 3. The summed E-state index contributed by atoms with van der Waals surface area (Å²) in [5, 5.41) is 3.98. The quantitative estimate of drug-likeness (QED) is 0.887. The van der Waals surface area contributed by atoms with Crippen LogP contribution in [0.2, 0.25) is 5.02 Å². The number of Topliss-reactive ketones (excluding diaryl/α,β-unsaturated/α-hetero) is 1. The highest BCUT2D eigenvalue weighted by atomic mass is 35.5. The number of pyridine rings is 1. The van der Waals surface area contributed by atoms with Crippen LogP contribution in [0.4, 0.5) is 0 Å². The van der Waals surface area contributed by atoms with Gasteiger partial charge in [0.15, 0.2) is 0 Å². The predicted molar refractivity (Wildman–Crippen MR) is 80.8 cm³/mol. The lowest BCUT2D eigenvalue weighted by Gasteiger charge is -2.15. The van der Waals surface area contributed by atoms with Crippen LogP contribution >= 0.6 is 11.6 Å². The molecule has 0 fully saturated rings. The molecule has 0 bridgehead atoms. The van der Waals surface area contributed by atoms with Gasteiger partial charge in [-0.2, -0.15) is 0 Å². The zero-order chi connectivity index (χ0) is 14.4. The van der Waals surface area contributed by atoms with Gasteiger partial charge < -0.3 is 5.32 Å². The van der Waals surface area contributed by atoms with Crippen LogP contribution in [0, 0.1) is 0 Å². The molecule has 20 heavy (non-hydrogen) atoms. The molecule has 0 aliphatic carbocycles. The molecule has 4 heteroatoms. The lowest BCUT2D eigenvalue weighted by atomic mass is 9.95. The van der Waals surface area contributed by atoms with Crippen molar-refractivity contribution in [1.82, 2.24) is 10.3 Å². The van der Waals surface area contributed by atoms with Gasteiger partial charge in [0.1, 0.15) is 5.78 Å². The van der Waals surface area contributed by atoms with Crippen LogP contribution in [0.15, 0.2) is 48.8 Å². The first-order chi connectivity index (χ1) is 9.66. The average Bonchev–Trinajstić information content (AvgIpc) is 2.46. The Morgan fingerprint density at radius 1 is 1.30 bits per heavy atom. The largest absolute Gasteiger partial charge is 0.312 e. The number of benzene rings is 1. The molecule has 2 aromatic rings. The summed E-state index contributed by atoms with van der Waals surface area (Å²) >= 11 is 5.87. The molecule has 0 saturated heterocycles. The maximum Gasteiger partial charge on any atom is 0.138 e. The van der Waals surface area contributed by atoms with E-state index in [1.54, 1.807) is 13.1 Å². The van der Waals surface area contributed by atoms with Gasteiger partial charge in [0.2, 0.25) is 0 Å². The van der Waals surface area contributed by atoms with Gasteiger partial charge in [-0.25, -0.2) is 0 Å². The first-order valence-corrected chi connectivity index (χ1v) is 6.90. The van der Waals surface area contributed by atoms with E-state index in [1.165, 1.54) is 0 Å². The third-order valence-electron chi connectivity index (χ3n) is 3.16. The fraction of sp³-hybridized carbons (Fsp3) is 0.250. The fourth-order valence-electron chi connectivity index (χ4n) is 2.05. The van der Waals surface area contributed by atoms with E-state index in [1.807, 2.05) is 42.6 Å². The third-order valence-corrected chi connectivity index (χ3v) is 3.42. The van der Waals surface area contributed by atoms with Crippen LogP contribution in [0.1, 0.15) is 24.0 Å². The van der Waals surface area contributed by atoms with Crippen molar-refractivity contribution < 1.29 is 4.79 Å². The van der Waals surface area contributed by atoms with Crippen molar-refractivity contribution in [3.8, 4) is 0 Å². The van der Waals surface area contributed by atoms with Gasteiger partial charge >= 0.3 is 0 Å². The number of aromatic nitrogens is 1. The number of rotatable bonds is 6. The first kappa shape index (κ1) is 14.7. The van der Waals surface area contributed by atoms with Crippen molar-refractivity contribution in [1.29, 1.82) is 0 Å². The van der Waals surface area contributed by atoms with E-state index >= 15 is 0 Å². The maximum absolute atomic E-state index is 11.8. The lowest BCUT2D eigenvalue weighted by molar-refractivity contribution is -0.118. The van der Waals surface area contributed by atoms with Crippen LogP contribution in [0.5, 0.6) is 0 Å². The molecule has 1 atom stereocenters. The number of halogens is 1. The number of carbonyl (C=O) groups is 1. The topological polar surface area (TPSA) is 42.0 Å². The van der Waals surface area contributed by atoms with E-state index in [4.69, 9.17) is 11.6 Å². The molecular formula is C16H17ClN2O. The second kappa shape index (κ2) is 7.17. The molecule has 104 valence electrons. The van der Waals surface area contributed by atoms with Crippen LogP contribution in [0.3, 0.4) is 0 Å². The predicted octanol–water partition coefficient (Wildman–Crippen LogP) is 3.20. The summed E-state index contributed by atoms with van der Waals surface area (Å²) in [5.74, 6) is -0.00468. The van der Waals surface area contributed by atoms with Gasteiger partial charge in [-0.15, -0.1) is 0 Å². The monoisotopic (exact) mass is 288 g/mol. The van der Waals surface area contributed by atoms with Crippen molar-refractivity contribution in [2.75, 3.05) is 6.54 Å². The van der Waals surface area contributed by atoms with Gasteiger partial charge in [-0.3, -0.25) is 9.78 Å². The summed E-state index contributed by atoms with van der Waals surface area (Å²) in [6, 6.07) is 11.3. The average molecular weight is 289 g/mol. The van der Waals surface area contributed by atoms with E-state index in [0.29, 0.717) is 18.1 Å². The summed E-state index contributed by atoms with van der Waals surface area (Å²) in [6.07, 6.45) is 3.56. The molecule has 0 saturated carbocycles. The Morgan fingerprint density at radius 3 is 2.65 bits per heavy atom. The van der Waals surface area contributed by atoms with E-state index in [9.17, 15) is 4.79 Å². The molecular weight excluding hydrogens is 272 g/mol. The minimum absolute atomic E-state index is 0.144. The summed E-state index contributed by atoms with van der Waals surface area (Å²) in [5.41, 5.74) is 2.09. The Bertz CT molecular complexity index is 554. The molecule has 0 spiro atoms. The Hall–Kier alpha value is -1.71. The van der Waals surface area contributed by atoms with Crippen molar-refractivity contribution in [3.63, 3.8) is 0 Å². The van der Waals surface area contributed by atoms with Gasteiger partial charge in [0.05, 0.1) is 5.92 Å². The highest BCUT2D eigenvalue weighted by Crippen LogP contribution is 2.19. The molecule has 0 aliphatic rings. The van der Waals surface area contributed by atoms with Crippen molar-refractivity contribution in [3.05, 3.63) is 64.9 Å². The van der Waals surface area contributed by atoms with Crippen LogP contribution < -0.4 is 5.32 Å². The van der Waals surface area contributed by atoms with Crippen LogP contribution in [-0.4, -0.2) is 17.3 Å². The number of carbonyl (C=O) groups excluding carboxylic acids is 1. The normalized spacial score (nSPS) is 12.1. The highest BCUT2D eigenvalue weighted by Gasteiger charge is 2.16. The molecule has 1 unspecified atom stereocenters. The van der Waals surface area contributed by atoms with Gasteiger partial charge in [0, 0.05) is 30.5 Å². The first-order valence-electron chi connectivity index (χ1n) is 6.52. The fourth-order valence-corrected chi connectivity index (χ4v) is 2.18. The molecule has 1 N–H and O–H groups in total. The molecule has 2 rings (SSSR count). The summed E-state index contributed by atoms with van der Waals surface area (Å²) in [6.45, 7) is 2.92. The second-order valence-corrected chi connectivity index (χ2v) is 5.14. The summed E-state index contributed by atoms with van der Waals surface area (Å²) in [7, 11) is 0. The highest BCUT2D eigenvalue weighted by molar-refractivity contribution is 6.30. The molecule has 0 radical (unpaired) electrons. The zero-order valence-corrected chi connectivity index (χ0v) is 12.1. The van der Waals surface area contributed by atoms with Gasteiger partial charge in [-0.1, -0.05) is 29.8 Å². The maximum atomic E-state index is 11.8.